The van der Waals surface area contributed by atoms with E-state index in [1.807, 2.05) is 30.0 Å². The van der Waals surface area contributed by atoms with Crippen LogP contribution < -0.4 is 5.32 Å². The van der Waals surface area contributed by atoms with E-state index in [0.717, 1.165) is 37.5 Å². The number of carbonyl (C=O) groups excluding carboxylic acids is 1. The average Bonchev–Trinajstić information content (AvgIpc) is 3.05. The maximum atomic E-state index is 12.4. The molecule has 0 bridgehead atoms. The van der Waals surface area contributed by atoms with Gasteiger partial charge in [-0.05, 0) is 43.9 Å². The van der Waals surface area contributed by atoms with Crippen molar-refractivity contribution in [2.75, 3.05) is 31.6 Å². The fourth-order valence-electron chi connectivity index (χ4n) is 3.31. The Hall–Kier alpha value is -1.73. The molecular weight excluding hydrogens is 352 g/mol. The second kappa shape index (κ2) is 8.31. The zero-order valence-electron chi connectivity index (χ0n) is 15.1. The Morgan fingerprint density at radius 3 is 2.85 bits per heavy atom. The van der Waals surface area contributed by atoms with E-state index in [-0.39, 0.29) is 12.6 Å². The number of anilines is 1. The van der Waals surface area contributed by atoms with E-state index >= 15 is 0 Å². The summed E-state index contributed by atoms with van der Waals surface area (Å²) < 4.78 is 5.39. The van der Waals surface area contributed by atoms with Crippen LogP contribution in [0.2, 0.25) is 0 Å². The van der Waals surface area contributed by atoms with Crippen LogP contribution in [0.3, 0.4) is 0 Å². The van der Waals surface area contributed by atoms with Gasteiger partial charge in [0.2, 0.25) is 0 Å². The van der Waals surface area contributed by atoms with E-state index in [2.05, 4.69) is 11.4 Å². The summed E-state index contributed by atoms with van der Waals surface area (Å²) in [6.45, 7) is 4.09. The number of likely N-dealkylation sites (tertiary alicyclic amines) is 1. The van der Waals surface area contributed by atoms with Gasteiger partial charge in [0.1, 0.15) is 0 Å². The summed E-state index contributed by atoms with van der Waals surface area (Å²) in [6.07, 6.45) is 2.67. The molecular formula is C19H26N2O4S. The van der Waals surface area contributed by atoms with Crippen molar-refractivity contribution < 1.29 is 19.4 Å². The van der Waals surface area contributed by atoms with Crippen LogP contribution in [-0.4, -0.2) is 53.6 Å². The molecule has 1 aromatic rings. The minimum absolute atomic E-state index is 0.232. The van der Waals surface area contributed by atoms with Crippen LogP contribution in [0.4, 0.5) is 10.5 Å². The summed E-state index contributed by atoms with van der Waals surface area (Å²) in [4.78, 5) is 25.4. The number of carboxylic acid groups (broad SMARTS) is 1. The van der Waals surface area contributed by atoms with E-state index in [0.29, 0.717) is 18.2 Å². The lowest BCUT2D eigenvalue weighted by Crippen LogP contribution is -2.37. The van der Waals surface area contributed by atoms with Gasteiger partial charge in [-0.15, -0.1) is 0 Å². The molecule has 0 radical (unpaired) electrons. The summed E-state index contributed by atoms with van der Waals surface area (Å²) in [6, 6.07) is 7.65. The van der Waals surface area contributed by atoms with Gasteiger partial charge in [-0.2, -0.15) is 11.8 Å². The topological polar surface area (TPSA) is 78.9 Å². The Bertz CT molecular complexity index is 663. The normalized spacial score (nSPS) is 23.8. The van der Waals surface area contributed by atoms with E-state index in [1.54, 1.807) is 11.8 Å². The summed E-state index contributed by atoms with van der Waals surface area (Å²) in [5.74, 6) is 0.0646. The highest BCUT2D eigenvalue weighted by atomic mass is 32.2. The Balaban J connectivity index is 1.53. The molecule has 2 saturated heterocycles. The van der Waals surface area contributed by atoms with E-state index in [9.17, 15) is 14.7 Å². The van der Waals surface area contributed by atoms with Gasteiger partial charge in [0.05, 0.1) is 5.41 Å². The number of carbonyl (C=O) groups is 2. The van der Waals surface area contributed by atoms with Crippen LogP contribution in [0, 0.1) is 5.41 Å². The van der Waals surface area contributed by atoms with Gasteiger partial charge in [0.15, 0.2) is 0 Å². The number of ether oxygens (including phenoxy) is 1. The molecule has 26 heavy (non-hydrogen) atoms. The number of carboxylic acids is 1. The maximum Gasteiger partial charge on any atom is 0.321 e. The first-order chi connectivity index (χ1) is 12.5. The summed E-state index contributed by atoms with van der Waals surface area (Å²) in [5, 5.41) is 12.8. The second-order valence-corrected chi connectivity index (χ2v) is 8.58. The van der Waals surface area contributed by atoms with Gasteiger partial charge in [-0.3, -0.25) is 4.79 Å². The first kappa shape index (κ1) is 19.0. The molecule has 2 N–H and O–H groups in total. The molecule has 6 nitrogen and oxygen atoms in total. The molecule has 1 aromatic carbocycles. The Morgan fingerprint density at radius 2 is 2.15 bits per heavy atom. The number of nitrogens with one attached hydrogen (secondary N) is 1. The summed E-state index contributed by atoms with van der Waals surface area (Å²) in [7, 11) is 0. The van der Waals surface area contributed by atoms with Crippen molar-refractivity contribution in [2.45, 2.75) is 37.2 Å². The molecule has 2 aliphatic rings. The van der Waals surface area contributed by atoms with E-state index in [4.69, 9.17) is 4.74 Å². The molecule has 142 valence electrons. The lowest BCUT2D eigenvalue weighted by molar-refractivity contribution is -0.146. The second-order valence-electron chi connectivity index (χ2n) is 7.29. The smallest absolute Gasteiger partial charge is 0.321 e. The predicted molar refractivity (Wildman–Crippen MR) is 103 cm³/mol. The van der Waals surface area contributed by atoms with Gasteiger partial charge in [0.25, 0.3) is 0 Å². The zero-order valence-corrected chi connectivity index (χ0v) is 15.9. The quantitative estimate of drug-likeness (QED) is 0.821. The van der Waals surface area contributed by atoms with Gasteiger partial charge >= 0.3 is 12.0 Å². The minimum Gasteiger partial charge on any atom is -0.481 e. The Labute approximate surface area is 158 Å². The third-order valence-electron chi connectivity index (χ3n) is 5.11. The molecule has 1 unspecified atom stereocenters. The van der Waals surface area contributed by atoms with Crippen LogP contribution in [0.15, 0.2) is 24.3 Å². The van der Waals surface area contributed by atoms with Crippen LogP contribution >= 0.6 is 11.8 Å². The van der Waals surface area contributed by atoms with Crippen molar-refractivity contribution in [2.24, 2.45) is 5.41 Å². The predicted octanol–water partition coefficient (Wildman–Crippen LogP) is 3.43. The monoisotopic (exact) mass is 378 g/mol. The first-order valence-corrected chi connectivity index (χ1v) is 10.1. The number of hydrogen-bond donors (Lipinski definition) is 2. The standard InChI is InChI=1S/C19H26N2O4S/c1-19(17(22)23)7-8-21(13-19)18(24)20-15-4-2-3-14(11-15)12-26-16-5-9-25-10-6-16/h2-4,11,16H,5-10,12-13H2,1H3,(H,20,24)(H,22,23). The number of benzene rings is 1. The lowest BCUT2D eigenvalue weighted by atomic mass is 9.90. The van der Waals surface area contributed by atoms with Gasteiger partial charge in [0, 0.05) is 43.0 Å². The number of aliphatic carboxylic acids is 1. The van der Waals surface area contributed by atoms with Crippen LogP contribution in [0.25, 0.3) is 0 Å². The molecule has 0 saturated carbocycles. The number of urea groups is 1. The Kier molecular flexibility index (Phi) is 6.09. The molecule has 2 amide bonds. The molecule has 2 fully saturated rings. The Morgan fingerprint density at radius 1 is 1.38 bits per heavy atom. The van der Waals surface area contributed by atoms with E-state index < -0.39 is 11.4 Å². The number of rotatable bonds is 5. The van der Waals surface area contributed by atoms with Crippen molar-refractivity contribution in [1.29, 1.82) is 0 Å². The van der Waals surface area contributed by atoms with Crippen LogP contribution in [0.1, 0.15) is 31.7 Å². The van der Waals surface area contributed by atoms with Gasteiger partial charge in [-0.25, -0.2) is 4.79 Å². The third kappa shape index (κ3) is 4.71. The first-order valence-electron chi connectivity index (χ1n) is 9.04. The summed E-state index contributed by atoms with van der Waals surface area (Å²) >= 11 is 1.94. The third-order valence-corrected chi connectivity index (χ3v) is 6.55. The number of thioether (sulfide) groups is 1. The zero-order chi connectivity index (χ0) is 18.6. The fraction of sp³-hybridized carbons (Fsp3) is 0.579. The van der Waals surface area contributed by atoms with E-state index in [1.165, 1.54) is 5.56 Å². The van der Waals surface area contributed by atoms with Gasteiger partial charge in [-0.1, -0.05) is 12.1 Å². The highest BCUT2D eigenvalue weighted by molar-refractivity contribution is 7.99. The fourth-order valence-corrected chi connectivity index (χ4v) is 4.44. The molecule has 0 aromatic heterocycles. The number of nitrogens with zero attached hydrogens (tertiary/aromatic N) is 1. The van der Waals surface area contributed by atoms with Crippen molar-refractivity contribution >= 4 is 29.4 Å². The lowest BCUT2D eigenvalue weighted by Gasteiger charge is -2.22. The minimum atomic E-state index is -0.848. The average molecular weight is 378 g/mol. The highest BCUT2D eigenvalue weighted by Crippen LogP contribution is 2.31. The van der Waals surface area contributed by atoms with Crippen molar-refractivity contribution in [3.63, 3.8) is 0 Å². The largest absolute Gasteiger partial charge is 0.481 e. The molecule has 0 spiro atoms. The number of amides is 2. The van der Waals surface area contributed by atoms with Crippen molar-refractivity contribution in [3.8, 4) is 0 Å². The SMILES string of the molecule is CC1(C(=O)O)CCN(C(=O)Nc2cccc(CSC3CCOCC3)c2)C1. The molecule has 3 rings (SSSR count). The van der Waals surface area contributed by atoms with Crippen molar-refractivity contribution in [1.82, 2.24) is 4.90 Å². The molecule has 2 aliphatic heterocycles. The molecule has 0 aliphatic carbocycles. The molecule has 2 heterocycles. The van der Waals surface area contributed by atoms with Crippen LogP contribution in [0.5, 0.6) is 0 Å². The molecule has 1 atom stereocenters. The van der Waals surface area contributed by atoms with Crippen molar-refractivity contribution in [3.05, 3.63) is 29.8 Å². The summed E-state index contributed by atoms with van der Waals surface area (Å²) in [5.41, 5.74) is 1.08. The number of hydrogen-bond acceptors (Lipinski definition) is 4. The maximum absolute atomic E-state index is 12.4. The van der Waals surface area contributed by atoms with Gasteiger partial charge < -0.3 is 20.1 Å². The highest BCUT2D eigenvalue weighted by Gasteiger charge is 2.42. The van der Waals surface area contributed by atoms with Crippen LogP contribution in [-0.2, 0) is 15.3 Å². The molecule has 7 heteroatoms.